The molecule has 1 saturated heterocycles. The second kappa shape index (κ2) is 9.92. The first-order chi connectivity index (χ1) is 17.2. The molecule has 0 saturated carbocycles. The second-order valence-corrected chi connectivity index (χ2v) is 11.4. The number of fused-ring (bicyclic) bond motifs is 1. The third kappa shape index (κ3) is 5.03. The highest BCUT2D eigenvalue weighted by Gasteiger charge is 2.58. The number of phosphoric ester groups is 1. The van der Waals surface area contributed by atoms with Crippen molar-refractivity contribution in [3.63, 3.8) is 0 Å². The molecule has 3 N–H and O–H groups in total. The lowest BCUT2D eigenvalue weighted by atomic mass is 9.91. The van der Waals surface area contributed by atoms with Crippen LogP contribution in [0.15, 0.2) is 17.1 Å². The number of benzene rings is 1. The number of phosphoric acid groups is 1. The molecule has 0 bridgehead atoms. The molecular formula is C22H26F3N2O8PS. The Balaban J connectivity index is 1.58. The Morgan fingerprint density at radius 3 is 2.54 bits per heavy atom. The average molecular weight is 566 g/mol. The normalized spacial score (nSPS) is 29.5. The summed E-state index contributed by atoms with van der Waals surface area (Å²) in [6.45, 7) is 5.50. The summed E-state index contributed by atoms with van der Waals surface area (Å²) in [7, 11) is -4.56. The van der Waals surface area contributed by atoms with Crippen LogP contribution in [-0.4, -0.2) is 44.4 Å². The van der Waals surface area contributed by atoms with E-state index in [0.29, 0.717) is 21.9 Å². The first-order valence-corrected chi connectivity index (χ1v) is 13.2. The number of hydrogen-bond acceptors (Lipinski definition) is 9. The van der Waals surface area contributed by atoms with E-state index in [1.807, 2.05) is 32.7 Å². The van der Waals surface area contributed by atoms with Gasteiger partial charge in [0.2, 0.25) is 0 Å². The summed E-state index contributed by atoms with van der Waals surface area (Å²) in [4.78, 5) is 14.1. The minimum absolute atomic E-state index is 0.0374. The Kier molecular flexibility index (Phi) is 7.49. The van der Waals surface area contributed by atoms with E-state index in [1.54, 1.807) is 6.07 Å². The number of aliphatic hydroxyl groups is 2. The van der Waals surface area contributed by atoms with Crippen LogP contribution in [0.4, 0.5) is 13.2 Å². The van der Waals surface area contributed by atoms with Crippen molar-refractivity contribution < 1.29 is 46.3 Å². The zero-order chi connectivity index (χ0) is 27.4. The zero-order valence-electron chi connectivity index (χ0n) is 20.2. The van der Waals surface area contributed by atoms with Crippen LogP contribution in [0.2, 0.25) is 0 Å². The van der Waals surface area contributed by atoms with Gasteiger partial charge in [-0.1, -0.05) is 39.9 Å². The van der Waals surface area contributed by atoms with Gasteiger partial charge in [0.1, 0.15) is 35.0 Å². The molecule has 2 aliphatic rings. The van der Waals surface area contributed by atoms with Crippen LogP contribution < -0.4 is 10.2 Å². The van der Waals surface area contributed by atoms with Crippen molar-refractivity contribution in [1.29, 1.82) is 0 Å². The monoisotopic (exact) mass is 566 g/mol. The van der Waals surface area contributed by atoms with Crippen LogP contribution in [0.3, 0.4) is 0 Å². The van der Waals surface area contributed by atoms with Gasteiger partial charge < -0.3 is 19.5 Å². The van der Waals surface area contributed by atoms with Gasteiger partial charge in [0.05, 0.1) is 18.4 Å². The summed E-state index contributed by atoms with van der Waals surface area (Å²) in [5.74, 6) is -5.23. The largest absolute Gasteiger partial charge is 0.530 e. The van der Waals surface area contributed by atoms with Gasteiger partial charge in [0.15, 0.2) is 12.0 Å². The predicted octanol–water partition coefficient (Wildman–Crippen LogP) is 4.08. The number of aliphatic hydroxyl groups excluding tert-OH is 2. The van der Waals surface area contributed by atoms with E-state index >= 15 is 8.78 Å². The van der Waals surface area contributed by atoms with Gasteiger partial charge in [-0.3, -0.25) is 18.6 Å². The zero-order valence-corrected chi connectivity index (χ0v) is 21.9. The van der Waals surface area contributed by atoms with Gasteiger partial charge in [-0.2, -0.15) is 0 Å². The number of rotatable bonds is 6. The highest BCUT2D eigenvalue weighted by molar-refractivity contribution is 7.71. The Labute approximate surface area is 214 Å². The van der Waals surface area contributed by atoms with E-state index in [4.69, 9.17) is 18.3 Å². The number of nitrogens with zero attached hydrogens (tertiary/aromatic N) is 1. The molecule has 1 aromatic carbocycles. The van der Waals surface area contributed by atoms with Gasteiger partial charge in [-0.25, -0.2) is 22.5 Å². The van der Waals surface area contributed by atoms with Crippen LogP contribution in [0, 0.1) is 16.3 Å². The molecule has 5 atom stereocenters. The highest BCUT2D eigenvalue weighted by atomic mass is 32.1. The van der Waals surface area contributed by atoms with Crippen molar-refractivity contribution in [2.24, 2.45) is 0 Å². The van der Waals surface area contributed by atoms with Gasteiger partial charge in [0.25, 0.3) is 5.85 Å². The highest BCUT2D eigenvalue weighted by Crippen LogP contribution is 2.58. The molecule has 1 unspecified atom stereocenters. The topological polar surface area (TPSA) is 132 Å². The Bertz CT molecular complexity index is 1380. The maximum absolute atomic E-state index is 15.5. The maximum Gasteiger partial charge on any atom is 0.530 e. The number of ether oxygens (including phenoxy) is 1. The standard InChI is InChI=1S/C22H26F3N2O8PS/c1-9(2)11-5-12(10(3)4)17-13(15(11)24)7-32-36(31,35-17)33-8-22(25)18(29)16(28)20(34-22)27-6-14(23)19(37)26-21(27)30/h5-6,9-10,16,18,20,28-29H,7-8H2,1-4H3,(H,26,30,37)/t16-,18+,20-,22-,36?/m1/s1. The van der Waals surface area contributed by atoms with Crippen molar-refractivity contribution >= 4 is 20.0 Å². The number of alkyl halides is 1. The Hall–Kier alpha value is -2.06. The fourth-order valence-electron chi connectivity index (χ4n) is 4.08. The molecule has 15 heteroatoms. The lowest BCUT2D eigenvalue weighted by molar-refractivity contribution is -0.205. The second-order valence-electron chi connectivity index (χ2n) is 9.45. The Morgan fingerprint density at radius 2 is 1.92 bits per heavy atom. The van der Waals surface area contributed by atoms with Crippen molar-refractivity contribution in [3.05, 3.63) is 55.7 Å². The molecule has 4 rings (SSSR count). The quantitative estimate of drug-likeness (QED) is 0.350. The third-order valence-corrected chi connectivity index (χ3v) is 7.77. The van der Waals surface area contributed by atoms with Crippen LogP contribution in [-0.2, 0) is 25.0 Å². The van der Waals surface area contributed by atoms with E-state index in [2.05, 4.69) is 12.2 Å². The Morgan fingerprint density at radius 1 is 1.27 bits per heavy atom. The number of aromatic nitrogens is 2. The molecular weight excluding hydrogens is 540 g/mol. The number of hydrogen-bond donors (Lipinski definition) is 3. The fraction of sp³-hybridized carbons (Fsp3) is 0.545. The van der Waals surface area contributed by atoms with Crippen LogP contribution in [0.1, 0.15) is 62.4 Å². The van der Waals surface area contributed by atoms with Crippen molar-refractivity contribution in [2.75, 3.05) is 6.61 Å². The average Bonchev–Trinajstić information content (AvgIpc) is 3.04. The summed E-state index contributed by atoms with van der Waals surface area (Å²) in [6.07, 6.45) is -5.67. The number of halogens is 3. The maximum atomic E-state index is 15.5. The summed E-state index contributed by atoms with van der Waals surface area (Å²) >= 11 is 4.61. The molecule has 2 aromatic rings. The summed E-state index contributed by atoms with van der Waals surface area (Å²) < 4.78 is 78.3. The minimum atomic E-state index is -4.56. The van der Waals surface area contributed by atoms with Crippen LogP contribution in [0.5, 0.6) is 5.75 Å². The van der Waals surface area contributed by atoms with Gasteiger partial charge in [-0.15, -0.1) is 0 Å². The van der Waals surface area contributed by atoms with E-state index in [-0.39, 0.29) is 23.1 Å². The van der Waals surface area contributed by atoms with Crippen LogP contribution in [0.25, 0.3) is 0 Å². The fourth-order valence-corrected chi connectivity index (χ4v) is 5.46. The minimum Gasteiger partial charge on any atom is -0.403 e. The summed E-state index contributed by atoms with van der Waals surface area (Å²) in [6, 6.07) is 1.60. The molecule has 37 heavy (non-hydrogen) atoms. The van der Waals surface area contributed by atoms with Crippen molar-refractivity contribution in [2.45, 2.75) is 70.4 Å². The first-order valence-electron chi connectivity index (χ1n) is 11.3. The molecule has 0 radical (unpaired) electrons. The van der Waals surface area contributed by atoms with Crippen molar-refractivity contribution in [1.82, 2.24) is 9.55 Å². The molecule has 0 aliphatic carbocycles. The molecule has 2 aliphatic heterocycles. The number of aromatic amines is 1. The van der Waals surface area contributed by atoms with E-state index < -0.39 is 67.3 Å². The molecule has 1 aromatic heterocycles. The number of nitrogens with one attached hydrogen (secondary N) is 1. The van der Waals surface area contributed by atoms with Gasteiger partial charge in [0, 0.05) is 0 Å². The molecule has 1 fully saturated rings. The molecule has 10 nitrogen and oxygen atoms in total. The molecule has 0 spiro atoms. The molecule has 0 amide bonds. The lowest BCUT2D eigenvalue weighted by Gasteiger charge is -2.31. The third-order valence-electron chi connectivity index (χ3n) is 6.17. The number of H-pyrrole nitrogens is 1. The van der Waals surface area contributed by atoms with E-state index in [0.717, 1.165) is 0 Å². The van der Waals surface area contributed by atoms with Crippen molar-refractivity contribution in [3.8, 4) is 5.75 Å². The summed E-state index contributed by atoms with van der Waals surface area (Å²) in [5, 5.41) is 20.6. The summed E-state index contributed by atoms with van der Waals surface area (Å²) in [5.41, 5.74) is -0.0428. The van der Waals surface area contributed by atoms with E-state index in [9.17, 15) is 24.0 Å². The van der Waals surface area contributed by atoms with E-state index in [1.165, 1.54) is 0 Å². The van der Waals surface area contributed by atoms with Gasteiger partial charge in [-0.05, 0) is 29.0 Å². The molecule has 204 valence electrons. The smallest absolute Gasteiger partial charge is 0.403 e. The molecule has 3 heterocycles. The SMILES string of the molecule is CC(C)c1cc(C(C)C)c2c(c1F)COP(=O)(OC[C@@]1(F)O[C@@H](n3cc(F)c(=S)[nH]c3=O)[C@H](O)[C@@H]1O)O2. The van der Waals surface area contributed by atoms with Crippen LogP contribution >= 0.6 is 20.0 Å². The lowest BCUT2D eigenvalue weighted by Crippen LogP contribution is -2.43. The predicted molar refractivity (Wildman–Crippen MR) is 125 cm³/mol. The first kappa shape index (κ1) is 28.0. The van der Waals surface area contributed by atoms with Gasteiger partial charge >= 0.3 is 13.5 Å².